The Labute approximate surface area is 211 Å². The predicted octanol–water partition coefficient (Wildman–Crippen LogP) is 6.43. The number of hydrogen-bond acceptors (Lipinski definition) is 7. The van der Waals surface area contributed by atoms with Crippen LogP contribution in [0.1, 0.15) is 15.9 Å². The lowest BCUT2D eigenvalue weighted by Gasteiger charge is -2.12. The van der Waals surface area contributed by atoms with E-state index in [0.29, 0.717) is 27.8 Å². The maximum absolute atomic E-state index is 13.1. The number of ether oxygens (including phenoxy) is 1. The van der Waals surface area contributed by atoms with Crippen molar-refractivity contribution in [2.24, 2.45) is 10.2 Å². The second-order valence-corrected chi connectivity index (χ2v) is 9.60. The molecule has 0 unspecified atom stereocenters. The van der Waals surface area contributed by atoms with Gasteiger partial charge >= 0.3 is 0 Å². The second kappa shape index (κ2) is 9.94. The quantitative estimate of drug-likeness (QED) is 0.196. The summed E-state index contributed by atoms with van der Waals surface area (Å²) in [5, 5.41) is 23.0. The van der Waals surface area contributed by atoms with E-state index in [0.717, 1.165) is 6.07 Å². The number of fused-ring (bicyclic) bond motifs is 1. The fraction of sp³-hybridized carbons (Fsp3) is 0.0800. The second-order valence-electron chi connectivity index (χ2n) is 7.77. The van der Waals surface area contributed by atoms with Gasteiger partial charge in [-0.1, -0.05) is 41.9 Å². The Morgan fingerprint density at radius 3 is 2.44 bits per heavy atom. The van der Waals surface area contributed by atoms with Crippen LogP contribution in [0.15, 0.2) is 81.9 Å². The highest BCUT2D eigenvalue weighted by atomic mass is 35.5. The normalized spacial score (nSPS) is 11.7. The number of amides is 1. The molecule has 0 aliphatic heterocycles. The van der Waals surface area contributed by atoms with Gasteiger partial charge in [-0.05, 0) is 48.2 Å². The molecule has 0 bridgehead atoms. The monoisotopic (exact) mass is 525 g/mol. The number of azo groups is 1. The molecule has 9 nitrogen and oxygen atoms in total. The third-order valence-electron chi connectivity index (χ3n) is 5.33. The topological polar surface area (TPSA) is 138 Å². The van der Waals surface area contributed by atoms with Crippen LogP contribution in [-0.4, -0.2) is 31.1 Å². The molecule has 0 saturated carbocycles. The molecule has 0 fully saturated rings. The Balaban J connectivity index is 1.84. The molecule has 0 saturated heterocycles. The van der Waals surface area contributed by atoms with Gasteiger partial charge in [0.2, 0.25) is 0 Å². The summed E-state index contributed by atoms with van der Waals surface area (Å²) in [5.41, 5.74) is 0.490. The number of nitrogens with one attached hydrogen (secondary N) is 1. The summed E-state index contributed by atoms with van der Waals surface area (Å²) >= 11 is 5.95. The minimum absolute atomic E-state index is 0.0560. The van der Waals surface area contributed by atoms with Crippen molar-refractivity contribution in [1.82, 2.24) is 0 Å². The van der Waals surface area contributed by atoms with Crippen LogP contribution in [0.4, 0.5) is 17.1 Å². The van der Waals surface area contributed by atoms with E-state index in [-0.39, 0.29) is 22.0 Å². The van der Waals surface area contributed by atoms with Crippen LogP contribution in [0.25, 0.3) is 10.8 Å². The van der Waals surface area contributed by atoms with Crippen molar-refractivity contribution in [3.8, 4) is 11.5 Å². The number of phenolic OH excluding ortho intramolecular Hbond substituents is 1. The molecule has 4 aromatic carbocycles. The molecule has 0 aliphatic rings. The van der Waals surface area contributed by atoms with E-state index < -0.39 is 26.7 Å². The Morgan fingerprint density at radius 2 is 1.72 bits per heavy atom. The van der Waals surface area contributed by atoms with Gasteiger partial charge in [0.25, 0.3) is 16.0 Å². The molecule has 0 aliphatic carbocycles. The third kappa shape index (κ3) is 5.15. The molecular weight excluding hydrogens is 506 g/mol. The standard InChI is InChI=1S/C25H20ClN3O6S/c1-14-10-16(26)12-21(36(32,33)34)22(14)28-29-23-19-9-4-3-6-15(19)11-20(24(23)30)25(31)27-17-7-5-8-18(13-17)35-2/h3-13,30H,1-2H3,(H,27,31)(H,32,33,34). The van der Waals surface area contributed by atoms with Gasteiger partial charge in [-0.3, -0.25) is 9.35 Å². The Hall–Kier alpha value is -3.99. The Bertz CT molecular complexity index is 1640. The van der Waals surface area contributed by atoms with Gasteiger partial charge in [-0.2, -0.15) is 8.42 Å². The van der Waals surface area contributed by atoms with E-state index in [1.165, 1.54) is 19.2 Å². The van der Waals surface area contributed by atoms with Crippen molar-refractivity contribution in [2.75, 3.05) is 12.4 Å². The molecule has 1 amide bonds. The minimum atomic E-state index is -4.67. The molecule has 0 heterocycles. The van der Waals surface area contributed by atoms with Crippen LogP contribution in [0, 0.1) is 6.92 Å². The molecule has 3 N–H and O–H groups in total. The molecule has 0 radical (unpaired) electrons. The summed E-state index contributed by atoms with van der Waals surface area (Å²) in [6, 6.07) is 17.6. The van der Waals surface area contributed by atoms with Gasteiger partial charge < -0.3 is 15.2 Å². The summed E-state index contributed by atoms with van der Waals surface area (Å²) in [4.78, 5) is 12.5. The maximum Gasteiger partial charge on any atom is 0.296 e. The average molecular weight is 526 g/mol. The fourth-order valence-corrected chi connectivity index (χ4v) is 4.68. The number of carbonyl (C=O) groups excluding carboxylic acids is 1. The van der Waals surface area contributed by atoms with E-state index in [4.69, 9.17) is 16.3 Å². The van der Waals surface area contributed by atoms with Crippen molar-refractivity contribution >= 4 is 55.5 Å². The van der Waals surface area contributed by atoms with Crippen LogP contribution >= 0.6 is 11.6 Å². The number of benzene rings is 4. The smallest absolute Gasteiger partial charge is 0.296 e. The summed E-state index contributed by atoms with van der Waals surface area (Å²) in [6.45, 7) is 1.55. The zero-order valence-corrected chi connectivity index (χ0v) is 20.6. The van der Waals surface area contributed by atoms with Crippen LogP contribution in [0.3, 0.4) is 0 Å². The summed E-state index contributed by atoms with van der Waals surface area (Å²) in [5.74, 6) is -0.528. The number of nitrogens with zero attached hydrogens (tertiary/aromatic N) is 2. The Morgan fingerprint density at radius 1 is 1.00 bits per heavy atom. The lowest BCUT2D eigenvalue weighted by atomic mass is 10.0. The molecule has 0 atom stereocenters. The van der Waals surface area contributed by atoms with E-state index >= 15 is 0 Å². The Kier molecular flexibility index (Phi) is 6.93. The van der Waals surface area contributed by atoms with Gasteiger partial charge in [-0.25, -0.2) is 0 Å². The maximum atomic E-state index is 13.1. The molecule has 4 rings (SSSR count). The van der Waals surface area contributed by atoms with Gasteiger partial charge in [0, 0.05) is 22.2 Å². The first-order valence-electron chi connectivity index (χ1n) is 10.5. The fourth-order valence-electron chi connectivity index (χ4n) is 3.62. The minimum Gasteiger partial charge on any atom is -0.505 e. The zero-order chi connectivity index (χ0) is 26.0. The van der Waals surface area contributed by atoms with Gasteiger partial charge in [0.05, 0.1) is 12.7 Å². The highest BCUT2D eigenvalue weighted by Crippen LogP contribution is 2.41. The zero-order valence-electron chi connectivity index (χ0n) is 19.1. The SMILES string of the molecule is COc1cccc(NC(=O)c2cc3ccccc3c(N=Nc3c(C)cc(Cl)cc3S(=O)(=O)O)c2O)c1. The number of carbonyl (C=O) groups is 1. The van der Waals surface area contributed by atoms with Crippen molar-refractivity contribution < 1.29 is 27.6 Å². The first-order valence-corrected chi connectivity index (χ1v) is 12.3. The largest absolute Gasteiger partial charge is 0.505 e. The lowest BCUT2D eigenvalue weighted by Crippen LogP contribution is -2.12. The molecule has 11 heteroatoms. The number of rotatable bonds is 6. The summed E-state index contributed by atoms with van der Waals surface area (Å²) in [6.07, 6.45) is 0. The predicted molar refractivity (Wildman–Crippen MR) is 137 cm³/mol. The first-order chi connectivity index (χ1) is 17.1. The number of methoxy groups -OCH3 is 1. The number of anilines is 1. The van der Waals surface area contributed by atoms with Crippen LogP contribution in [0.5, 0.6) is 11.5 Å². The van der Waals surface area contributed by atoms with Crippen molar-refractivity contribution in [2.45, 2.75) is 11.8 Å². The molecule has 0 spiro atoms. The number of phenols is 1. The molecule has 36 heavy (non-hydrogen) atoms. The summed E-state index contributed by atoms with van der Waals surface area (Å²) in [7, 11) is -3.17. The highest BCUT2D eigenvalue weighted by Gasteiger charge is 2.21. The van der Waals surface area contributed by atoms with Crippen LogP contribution in [-0.2, 0) is 10.1 Å². The number of hydrogen-bond donors (Lipinski definition) is 3. The van der Waals surface area contributed by atoms with Crippen LogP contribution < -0.4 is 10.1 Å². The van der Waals surface area contributed by atoms with Gasteiger partial charge in [-0.15, -0.1) is 10.2 Å². The third-order valence-corrected chi connectivity index (χ3v) is 6.41. The van der Waals surface area contributed by atoms with Crippen molar-refractivity contribution in [3.63, 3.8) is 0 Å². The number of halogens is 1. The average Bonchev–Trinajstić information content (AvgIpc) is 2.83. The van der Waals surface area contributed by atoms with Gasteiger partial charge in [0.1, 0.15) is 22.0 Å². The van der Waals surface area contributed by atoms with E-state index in [1.54, 1.807) is 55.5 Å². The van der Waals surface area contributed by atoms with Gasteiger partial charge in [0.15, 0.2) is 5.75 Å². The van der Waals surface area contributed by atoms with E-state index in [9.17, 15) is 22.9 Å². The highest BCUT2D eigenvalue weighted by molar-refractivity contribution is 7.86. The first kappa shape index (κ1) is 25.1. The lowest BCUT2D eigenvalue weighted by molar-refractivity contribution is 0.102. The number of aromatic hydroxyl groups is 1. The van der Waals surface area contributed by atoms with Crippen molar-refractivity contribution in [3.05, 3.63) is 82.9 Å². The molecule has 4 aromatic rings. The van der Waals surface area contributed by atoms with E-state index in [1.807, 2.05) is 0 Å². The summed E-state index contributed by atoms with van der Waals surface area (Å²) < 4.78 is 38.6. The molecular formula is C25H20ClN3O6S. The number of aryl methyl sites for hydroxylation is 1. The van der Waals surface area contributed by atoms with Crippen LogP contribution in [0.2, 0.25) is 5.02 Å². The molecule has 184 valence electrons. The van der Waals surface area contributed by atoms with Crippen molar-refractivity contribution in [1.29, 1.82) is 0 Å². The molecule has 0 aromatic heterocycles. The van der Waals surface area contributed by atoms with E-state index in [2.05, 4.69) is 15.5 Å².